The van der Waals surface area contributed by atoms with Gasteiger partial charge in [-0.2, -0.15) is 5.10 Å². The first-order chi connectivity index (χ1) is 12.6. The van der Waals surface area contributed by atoms with Gasteiger partial charge in [-0.15, -0.1) is 0 Å². The van der Waals surface area contributed by atoms with Crippen LogP contribution in [0.4, 0.5) is 5.69 Å². The van der Waals surface area contributed by atoms with Gasteiger partial charge in [0, 0.05) is 18.2 Å². The van der Waals surface area contributed by atoms with Gasteiger partial charge in [0.2, 0.25) is 0 Å². The van der Waals surface area contributed by atoms with Crippen LogP contribution in [0.25, 0.3) is 5.69 Å². The Morgan fingerprint density at radius 3 is 2.81 bits per heavy atom. The summed E-state index contributed by atoms with van der Waals surface area (Å²) in [5.41, 5.74) is 2.61. The maximum Gasteiger partial charge on any atom is 0.356 e. The van der Waals surface area contributed by atoms with Crippen molar-refractivity contribution in [3.05, 3.63) is 71.5 Å². The monoisotopic (exact) mass is 349 g/mol. The van der Waals surface area contributed by atoms with E-state index in [0.29, 0.717) is 23.5 Å². The lowest BCUT2D eigenvalue weighted by atomic mass is 10.1. The second-order valence-electron chi connectivity index (χ2n) is 5.84. The zero-order valence-electron chi connectivity index (χ0n) is 13.7. The zero-order valence-corrected chi connectivity index (χ0v) is 13.7. The molecule has 2 heterocycles. The Hall–Kier alpha value is -3.61. The average molecular weight is 349 g/mol. The predicted octanol–water partition coefficient (Wildman–Crippen LogP) is 2.76. The number of para-hydroxylation sites is 2. The van der Waals surface area contributed by atoms with Gasteiger partial charge in [-0.1, -0.05) is 12.1 Å². The number of benzene rings is 2. The van der Waals surface area contributed by atoms with Crippen LogP contribution in [0.3, 0.4) is 0 Å². The molecule has 0 bridgehead atoms. The molecule has 1 aliphatic heterocycles. The number of nitrogens with zero attached hydrogens (tertiary/aromatic N) is 2. The van der Waals surface area contributed by atoms with E-state index in [4.69, 9.17) is 9.84 Å². The lowest BCUT2D eigenvalue weighted by molar-refractivity contribution is 0.0689. The van der Waals surface area contributed by atoms with Crippen LogP contribution in [0.1, 0.15) is 26.4 Å². The van der Waals surface area contributed by atoms with Gasteiger partial charge in [-0.25, -0.2) is 9.48 Å². The second kappa shape index (κ2) is 6.36. The van der Waals surface area contributed by atoms with Crippen molar-refractivity contribution in [2.75, 3.05) is 11.9 Å². The highest BCUT2D eigenvalue weighted by Gasteiger charge is 2.16. The third kappa shape index (κ3) is 2.90. The molecule has 0 saturated carbocycles. The van der Waals surface area contributed by atoms with Gasteiger partial charge in [0.1, 0.15) is 5.75 Å². The fourth-order valence-electron chi connectivity index (χ4n) is 2.87. The zero-order chi connectivity index (χ0) is 18.1. The highest BCUT2D eigenvalue weighted by molar-refractivity contribution is 6.05. The number of rotatable bonds is 4. The average Bonchev–Trinajstić information content (AvgIpc) is 3.31. The molecule has 2 N–H and O–H groups in total. The summed E-state index contributed by atoms with van der Waals surface area (Å²) in [7, 11) is 0. The maximum absolute atomic E-state index is 12.6. The van der Waals surface area contributed by atoms with E-state index in [1.807, 2.05) is 6.07 Å². The Balaban J connectivity index is 1.62. The van der Waals surface area contributed by atoms with E-state index in [1.165, 1.54) is 10.7 Å². The highest BCUT2D eigenvalue weighted by Crippen LogP contribution is 2.27. The summed E-state index contributed by atoms with van der Waals surface area (Å²) in [4.78, 5) is 23.7. The van der Waals surface area contributed by atoms with Gasteiger partial charge in [0.15, 0.2) is 5.69 Å². The van der Waals surface area contributed by atoms with E-state index < -0.39 is 5.97 Å². The molecule has 0 aliphatic carbocycles. The largest absolute Gasteiger partial charge is 0.493 e. The minimum absolute atomic E-state index is 0.0650. The number of ether oxygens (including phenoxy) is 1. The molecular formula is C19H15N3O4. The van der Waals surface area contributed by atoms with E-state index in [9.17, 15) is 9.59 Å². The molecule has 1 aliphatic rings. The molecule has 7 nitrogen and oxygen atoms in total. The molecule has 1 aromatic heterocycles. The van der Waals surface area contributed by atoms with E-state index >= 15 is 0 Å². The van der Waals surface area contributed by atoms with Crippen molar-refractivity contribution >= 4 is 17.6 Å². The number of hydrogen-bond acceptors (Lipinski definition) is 4. The number of carboxylic acids is 1. The summed E-state index contributed by atoms with van der Waals surface area (Å²) in [6.45, 7) is 0.633. The fraction of sp³-hybridized carbons (Fsp3) is 0.105. The Morgan fingerprint density at radius 2 is 2.00 bits per heavy atom. The van der Waals surface area contributed by atoms with Gasteiger partial charge < -0.3 is 15.2 Å². The number of nitrogens with one attached hydrogen (secondary N) is 1. The fourth-order valence-corrected chi connectivity index (χ4v) is 2.87. The number of anilines is 1. The van der Waals surface area contributed by atoms with Gasteiger partial charge >= 0.3 is 5.97 Å². The maximum atomic E-state index is 12.6. The van der Waals surface area contributed by atoms with E-state index in [0.717, 1.165) is 17.7 Å². The van der Waals surface area contributed by atoms with Crippen LogP contribution in [-0.4, -0.2) is 33.4 Å². The van der Waals surface area contributed by atoms with E-state index in [2.05, 4.69) is 10.4 Å². The lowest BCUT2D eigenvalue weighted by Crippen LogP contribution is -2.14. The first-order valence-electron chi connectivity index (χ1n) is 8.07. The molecule has 2 aromatic carbocycles. The van der Waals surface area contributed by atoms with Crippen LogP contribution < -0.4 is 10.1 Å². The summed E-state index contributed by atoms with van der Waals surface area (Å²) in [5.74, 6) is -0.539. The molecular weight excluding hydrogens is 334 g/mol. The number of aromatic carboxylic acids is 1. The van der Waals surface area contributed by atoms with E-state index in [-0.39, 0.29) is 11.6 Å². The predicted molar refractivity (Wildman–Crippen MR) is 94.1 cm³/mol. The van der Waals surface area contributed by atoms with Crippen LogP contribution in [0.5, 0.6) is 5.75 Å². The summed E-state index contributed by atoms with van der Waals surface area (Å²) >= 11 is 0. The number of fused-ring (bicyclic) bond motifs is 1. The third-order valence-electron chi connectivity index (χ3n) is 4.16. The topological polar surface area (TPSA) is 93.5 Å². The molecule has 0 radical (unpaired) electrons. The molecule has 7 heteroatoms. The highest BCUT2D eigenvalue weighted by atomic mass is 16.5. The Labute approximate surface area is 148 Å². The summed E-state index contributed by atoms with van der Waals surface area (Å²) in [5, 5.41) is 15.9. The molecule has 26 heavy (non-hydrogen) atoms. The minimum atomic E-state index is -1.11. The number of carboxylic acid groups (broad SMARTS) is 1. The molecule has 3 aromatic rings. The van der Waals surface area contributed by atoms with E-state index in [1.54, 1.807) is 42.6 Å². The molecule has 0 spiro atoms. The standard InChI is InChI=1S/C19H15N3O4/c23-18(13-5-6-17-12(11-13)8-10-26-17)20-14-3-1-2-4-16(14)22-9-7-15(21-22)19(24)25/h1-7,9,11H,8,10H2,(H,20,23)(H,24,25). The van der Waals surface area contributed by atoms with Crippen molar-refractivity contribution in [3.63, 3.8) is 0 Å². The quantitative estimate of drug-likeness (QED) is 0.755. The Bertz CT molecular complexity index is 1010. The van der Waals surface area contributed by atoms with Crippen molar-refractivity contribution in [1.29, 1.82) is 0 Å². The Morgan fingerprint density at radius 1 is 1.15 bits per heavy atom. The van der Waals surface area contributed by atoms with Gasteiger partial charge in [0.25, 0.3) is 5.91 Å². The number of carbonyl (C=O) groups excluding carboxylic acids is 1. The molecule has 0 saturated heterocycles. The van der Waals surface area contributed by atoms with Crippen molar-refractivity contribution in [2.24, 2.45) is 0 Å². The molecule has 4 rings (SSSR count). The number of amides is 1. The summed E-state index contributed by atoms with van der Waals surface area (Å²) in [6, 6.07) is 13.8. The van der Waals surface area contributed by atoms with Crippen LogP contribution >= 0.6 is 0 Å². The first kappa shape index (κ1) is 15.9. The SMILES string of the molecule is O=C(Nc1ccccc1-n1ccc(C(=O)O)n1)c1ccc2c(c1)CCO2. The molecule has 0 atom stereocenters. The van der Waals surface area contributed by atoms with Crippen molar-refractivity contribution < 1.29 is 19.4 Å². The number of carbonyl (C=O) groups is 2. The van der Waals surface area contributed by atoms with Gasteiger partial charge in [0.05, 0.1) is 18.0 Å². The molecule has 0 fully saturated rings. The van der Waals surface area contributed by atoms with Gasteiger partial charge in [-0.05, 0) is 42.0 Å². The van der Waals surface area contributed by atoms with Crippen LogP contribution in [-0.2, 0) is 6.42 Å². The molecule has 1 amide bonds. The Kier molecular flexibility index (Phi) is 3.89. The molecule has 130 valence electrons. The number of aromatic nitrogens is 2. The van der Waals surface area contributed by atoms with Crippen molar-refractivity contribution in [1.82, 2.24) is 9.78 Å². The summed E-state index contributed by atoms with van der Waals surface area (Å²) < 4.78 is 6.88. The number of hydrogen-bond donors (Lipinski definition) is 2. The van der Waals surface area contributed by atoms with Gasteiger partial charge in [-0.3, -0.25) is 4.79 Å². The normalized spacial score (nSPS) is 12.3. The molecule has 0 unspecified atom stereocenters. The minimum Gasteiger partial charge on any atom is -0.493 e. The first-order valence-corrected chi connectivity index (χ1v) is 8.07. The van der Waals surface area contributed by atoms with Crippen LogP contribution in [0, 0.1) is 0 Å². The third-order valence-corrected chi connectivity index (χ3v) is 4.16. The summed E-state index contributed by atoms with van der Waals surface area (Å²) in [6.07, 6.45) is 2.33. The smallest absolute Gasteiger partial charge is 0.356 e. The van der Waals surface area contributed by atoms with Crippen LogP contribution in [0.15, 0.2) is 54.7 Å². The lowest BCUT2D eigenvalue weighted by Gasteiger charge is -2.11. The second-order valence-corrected chi connectivity index (χ2v) is 5.84. The van der Waals surface area contributed by atoms with Crippen molar-refractivity contribution in [3.8, 4) is 11.4 Å². The van der Waals surface area contributed by atoms with Crippen LogP contribution in [0.2, 0.25) is 0 Å². The van der Waals surface area contributed by atoms with Crippen molar-refractivity contribution in [2.45, 2.75) is 6.42 Å².